The Bertz CT molecular complexity index is 140. The van der Waals surface area contributed by atoms with Gasteiger partial charge < -0.3 is 0 Å². The Morgan fingerprint density at radius 1 is 1.29 bits per heavy atom. The van der Waals surface area contributed by atoms with Gasteiger partial charge in [-0.05, 0) is 0 Å². The first-order valence-electron chi connectivity index (χ1n) is 1.73. The van der Waals surface area contributed by atoms with E-state index in [2.05, 4.69) is 25.2 Å². The fraction of sp³-hybridized carbons (Fsp3) is 0. The van der Waals surface area contributed by atoms with E-state index in [9.17, 15) is 0 Å². The van der Waals surface area contributed by atoms with Gasteiger partial charge in [0.25, 0.3) is 0 Å². The van der Waals surface area contributed by atoms with Gasteiger partial charge in [0.1, 0.15) is 28.3 Å². The van der Waals surface area contributed by atoms with Crippen molar-refractivity contribution in [2.45, 2.75) is 0 Å². The van der Waals surface area contributed by atoms with Crippen LogP contribution >= 0.6 is 0 Å². The summed E-state index contributed by atoms with van der Waals surface area (Å²) in [6.45, 7) is 0. The van der Waals surface area contributed by atoms with Crippen molar-refractivity contribution < 1.29 is 0 Å². The smallest absolute Gasteiger partial charge is 0.129 e. The van der Waals surface area contributed by atoms with Crippen molar-refractivity contribution >= 4 is 15.7 Å². The molecule has 1 aromatic heterocycles. The molecule has 1 heterocycles. The van der Waals surface area contributed by atoms with Gasteiger partial charge >= 0.3 is 0 Å². The van der Waals surface area contributed by atoms with Crippen LogP contribution in [0.2, 0.25) is 0 Å². The number of nitrogens with zero attached hydrogens (tertiary/aromatic N) is 3. The Labute approximate surface area is 44.3 Å². The average molecular weight is 108 g/mol. The van der Waals surface area contributed by atoms with Gasteiger partial charge in [0.2, 0.25) is 0 Å². The van der Waals surface area contributed by atoms with E-state index in [0.29, 0.717) is 5.45 Å². The van der Waals surface area contributed by atoms with Crippen LogP contribution in [0.3, 0.4) is 0 Å². The highest BCUT2D eigenvalue weighted by atomic mass is 28.1. The second-order valence-electron chi connectivity index (χ2n) is 0.962. The Kier molecular flexibility index (Phi) is 1.12. The minimum absolute atomic E-state index is 0.565. The van der Waals surface area contributed by atoms with Crippen molar-refractivity contribution in [2.24, 2.45) is 0 Å². The molecule has 0 N–H and O–H groups in total. The molecule has 4 heteroatoms. The van der Waals surface area contributed by atoms with E-state index in [4.69, 9.17) is 0 Å². The molecule has 0 aliphatic heterocycles. The maximum atomic E-state index is 3.67. The van der Waals surface area contributed by atoms with Gasteiger partial charge in [0.15, 0.2) is 0 Å². The predicted octanol–water partition coefficient (Wildman–Crippen LogP) is -1.33. The highest BCUT2D eigenvalue weighted by Crippen LogP contribution is 1.54. The fourth-order valence-corrected chi connectivity index (χ4v) is 0.355. The van der Waals surface area contributed by atoms with Gasteiger partial charge in [-0.1, -0.05) is 0 Å². The first-order valence-corrected chi connectivity index (χ1v) is 2.23. The molecule has 0 unspecified atom stereocenters. The van der Waals surface area contributed by atoms with Crippen molar-refractivity contribution in [3.05, 3.63) is 12.7 Å². The molecule has 0 saturated carbocycles. The van der Waals surface area contributed by atoms with Crippen LogP contribution in [0.1, 0.15) is 0 Å². The van der Waals surface area contributed by atoms with Crippen molar-refractivity contribution in [1.29, 1.82) is 0 Å². The second kappa shape index (κ2) is 1.79. The molecule has 0 bridgehead atoms. The lowest BCUT2D eigenvalue weighted by Crippen LogP contribution is -2.11. The third-order valence-electron chi connectivity index (χ3n) is 0.493. The maximum Gasteiger partial charge on any atom is 0.129 e. The van der Waals surface area contributed by atoms with Gasteiger partial charge in [-0.25, -0.2) is 15.0 Å². The molecule has 0 saturated heterocycles. The molecule has 0 atom stereocenters. The molecule has 1 rings (SSSR count). The molecule has 3 nitrogen and oxygen atoms in total. The molecule has 1 aromatic rings. The second-order valence-corrected chi connectivity index (χ2v) is 1.41. The lowest BCUT2D eigenvalue weighted by atomic mass is 11.1. The van der Waals surface area contributed by atoms with Crippen LogP contribution in [0.5, 0.6) is 0 Å². The Morgan fingerprint density at radius 2 is 1.86 bits per heavy atom. The molecule has 0 aliphatic carbocycles. The zero-order chi connectivity index (χ0) is 5.11. The predicted molar refractivity (Wildman–Crippen MR) is 25.2 cm³/mol. The molecule has 0 amide bonds. The molecule has 0 fully saturated rings. The van der Waals surface area contributed by atoms with E-state index in [1.165, 1.54) is 12.7 Å². The van der Waals surface area contributed by atoms with Crippen LogP contribution in [0.4, 0.5) is 0 Å². The van der Waals surface area contributed by atoms with E-state index >= 15 is 0 Å². The first-order chi connectivity index (χ1) is 3.39. The summed E-state index contributed by atoms with van der Waals surface area (Å²) in [7, 11) is 3.09. The quantitative estimate of drug-likeness (QED) is 0.386. The third-order valence-corrected chi connectivity index (χ3v) is 0.752. The lowest BCUT2D eigenvalue weighted by molar-refractivity contribution is 1.09. The van der Waals surface area contributed by atoms with Crippen molar-refractivity contribution in [3.8, 4) is 0 Å². The van der Waals surface area contributed by atoms with Gasteiger partial charge in [-0.3, -0.25) is 0 Å². The van der Waals surface area contributed by atoms with Crippen LogP contribution in [0, 0.1) is 0 Å². The lowest BCUT2D eigenvalue weighted by Gasteiger charge is -1.80. The topological polar surface area (TPSA) is 38.7 Å². The van der Waals surface area contributed by atoms with Crippen LogP contribution < -0.4 is 5.45 Å². The third kappa shape index (κ3) is 1.04. The molecule has 33 valence electrons. The highest BCUT2D eigenvalue weighted by Gasteiger charge is 1.76. The summed E-state index contributed by atoms with van der Waals surface area (Å²) in [6.07, 6.45) is 2.85. The number of rotatable bonds is 0. The van der Waals surface area contributed by atoms with Crippen molar-refractivity contribution in [3.63, 3.8) is 0 Å². The molecule has 3 radical (unpaired) electrons. The zero-order valence-electron chi connectivity index (χ0n) is 3.50. The molecular weight excluding hydrogens is 106 g/mol. The summed E-state index contributed by atoms with van der Waals surface area (Å²) < 4.78 is 0. The van der Waals surface area contributed by atoms with E-state index in [1.54, 1.807) is 0 Å². The van der Waals surface area contributed by atoms with E-state index in [-0.39, 0.29) is 0 Å². The largest absolute Gasteiger partial charge is 0.228 e. The van der Waals surface area contributed by atoms with Crippen LogP contribution in [-0.2, 0) is 0 Å². The van der Waals surface area contributed by atoms with E-state index in [1.807, 2.05) is 0 Å². The summed E-state index contributed by atoms with van der Waals surface area (Å²) in [4.78, 5) is 10.9. The SMILES string of the molecule is [Si]c1ncncn1. The average Bonchev–Trinajstić information content (AvgIpc) is 1.69. The normalized spacial score (nSPS) is 8.71. The minimum Gasteiger partial charge on any atom is -0.228 e. The summed E-state index contributed by atoms with van der Waals surface area (Å²) in [6, 6.07) is 0. The summed E-state index contributed by atoms with van der Waals surface area (Å²) in [5.74, 6) is 0. The van der Waals surface area contributed by atoms with E-state index in [0.717, 1.165) is 0 Å². The van der Waals surface area contributed by atoms with Crippen molar-refractivity contribution in [1.82, 2.24) is 15.0 Å². The maximum absolute atomic E-state index is 3.67. The van der Waals surface area contributed by atoms with Crippen LogP contribution in [0.25, 0.3) is 0 Å². The number of hydrogen-bond acceptors (Lipinski definition) is 3. The molecular formula is C3H2N3Si. The Hall–Kier alpha value is -0.773. The molecule has 0 spiro atoms. The molecule has 7 heavy (non-hydrogen) atoms. The Morgan fingerprint density at radius 3 is 2.14 bits per heavy atom. The first kappa shape index (κ1) is 4.39. The minimum atomic E-state index is 0.565. The van der Waals surface area contributed by atoms with Gasteiger partial charge in [0.05, 0.1) is 0 Å². The Balaban J connectivity index is 3.02. The number of aromatic nitrogens is 3. The van der Waals surface area contributed by atoms with Gasteiger partial charge in [-0.15, -0.1) is 0 Å². The fourth-order valence-electron chi connectivity index (χ4n) is 0.239. The van der Waals surface area contributed by atoms with Crippen LogP contribution in [0.15, 0.2) is 12.7 Å². The molecule has 0 aliphatic rings. The molecule has 0 aromatic carbocycles. The van der Waals surface area contributed by atoms with Gasteiger partial charge in [0, 0.05) is 0 Å². The van der Waals surface area contributed by atoms with Crippen LogP contribution in [-0.4, -0.2) is 25.2 Å². The number of hydrogen-bond donors (Lipinski definition) is 0. The summed E-state index contributed by atoms with van der Waals surface area (Å²) in [5, 5.41) is 0. The summed E-state index contributed by atoms with van der Waals surface area (Å²) in [5.41, 5.74) is 0.565. The monoisotopic (exact) mass is 108 g/mol. The highest BCUT2D eigenvalue weighted by molar-refractivity contribution is 6.28. The van der Waals surface area contributed by atoms with Crippen molar-refractivity contribution in [2.75, 3.05) is 0 Å². The summed E-state index contributed by atoms with van der Waals surface area (Å²) >= 11 is 0. The van der Waals surface area contributed by atoms with E-state index < -0.39 is 0 Å². The van der Waals surface area contributed by atoms with Gasteiger partial charge in [-0.2, -0.15) is 0 Å². The standard InChI is InChI=1S/C3H2N3Si/c7-3-5-1-4-2-6-3/h1-2H. The zero-order valence-corrected chi connectivity index (χ0v) is 4.50.